The van der Waals surface area contributed by atoms with Crippen LogP contribution in [-0.4, -0.2) is 59.9 Å². The minimum Gasteiger partial charge on any atom is -0.496 e. The predicted octanol–water partition coefficient (Wildman–Crippen LogP) is 6.61. The first kappa shape index (κ1) is 41.2. The molecule has 0 aliphatic carbocycles. The molecule has 0 amide bonds. The minimum atomic E-state index is -3.63. The van der Waals surface area contributed by atoms with Gasteiger partial charge in [-0.2, -0.15) is 0 Å². The summed E-state index contributed by atoms with van der Waals surface area (Å²) in [4.78, 5) is 63.3. The number of ketones is 1. The fourth-order valence-electron chi connectivity index (χ4n) is 8.22. The Kier molecular flexibility index (Phi) is 11.9. The number of methoxy groups -OCH3 is 1. The number of hydrogen-bond donors (Lipinski definition) is 1. The Morgan fingerprint density at radius 3 is 2.19 bits per heavy atom. The number of ether oxygens (including phenoxy) is 3. The molecular formula is C45H51N3O8SSi. The molecule has 1 saturated heterocycles. The third-order valence-corrected chi connectivity index (χ3v) is 17.5. The summed E-state index contributed by atoms with van der Waals surface area (Å²) in [6.45, 7) is 10.6. The number of thiophene rings is 1. The van der Waals surface area contributed by atoms with Crippen LogP contribution in [0.2, 0.25) is 5.04 Å². The maximum Gasteiger partial charge on any atom is 0.333 e. The third-order valence-electron chi connectivity index (χ3n) is 11.8. The molecule has 1 aliphatic rings. The zero-order valence-corrected chi connectivity index (χ0v) is 35.7. The molecule has 0 bridgehead atoms. The fraction of sp³-hybridized carbons (Fsp3) is 0.378. The van der Waals surface area contributed by atoms with Crippen LogP contribution in [0.4, 0.5) is 0 Å². The van der Waals surface area contributed by atoms with E-state index in [0.29, 0.717) is 52.1 Å². The lowest BCUT2D eigenvalue weighted by molar-refractivity contribution is -0.127. The molecule has 6 aromatic rings. The maximum absolute atomic E-state index is 15.2. The second-order valence-corrected chi connectivity index (χ2v) is 21.1. The van der Waals surface area contributed by atoms with Crippen molar-refractivity contribution in [3.05, 3.63) is 129 Å². The van der Waals surface area contributed by atoms with Crippen LogP contribution in [0, 0.1) is 12.8 Å². The number of carbonyl (C=O) groups excluding carboxylic acids is 1. The Bertz CT molecular complexity index is 2450. The first-order valence-electron chi connectivity index (χ1n) is 19.7. The smallest absolute Gasteiger partial charge is 0.333 e. The number of para-hydroxylation sites is 1. The van der Waals surface area contributed by atoms with E-state index in [2.05, 4.69) is 4.98 Å². The number of aromatic nitrogens is 3. The molecule has 58 heavy (non-hydrogen) atoms. The molecule has 0 radical (unpaired) electrons. The Hall–Kier alpha value is -4.92. The Morgan fingerprint density at radius 1 is 0.966 bits per heavy atom. The van der Waals surface area contributed by atoms with Gasteiger partial charge in [0.25, 0.3) is 13.9 Å². The van der Waals surface area contributed by atoms with Crippen LogP contribution in [0.15, 0.2) is 111 Å². The van der Waals surface area contributed by atoms with E-state index in [1.165, 1.54) is 23.8 Å². The van der Waals surface area contributed by atoms with E-state index in [1.54, 1.807) is 25.5 Å². The monoisotopic (exact) mass is 821 g/mol. The molecule has 1 aliphatic heterocycles. The summed E-state index contributed by atoms with van der Waals surface area (Å²) in [6.07, 6.45) is 3.94. The van der Waals surface area contributed by atoms with E-state index in [-0.39, 0.29) is 24.7 Å². The van der Waals surface area contributed by atoms with Gasteiger partial charge in [0, 0.05) is 25.2 Å². The number of benzene rings is 3. The molecule has 0 unspecified atom stereocenters. The molecule has 0 saturated carbocycles. The third kappa shape index (κ3) is 7.57. The second-order valence-electron chi connectivity index (χ2n) is 16.2. The average Bonchev–Trinajstić information content (AvgIpc) is 3.89. The van der Waals surface area contributed by atoms with Crippen molar-refractivity contribution in [2.45, 2.75) is 77.1 Å². The van der Waals surface area contributed by atoms with Crippen LogP contribution in [-0.2, 0) is 26.4 Å². The van der Waals surface area contributed by atoms with Crippen molar-refractivity contribution in [2.24, 2.45) is 5.92 Å². The first-order valence-corrected chi connectivity index (χ1v) is 22.4. The van der Waals surface area contributed by atoms with Gasteiger partial charge in [0.05, 0.1) is 36.7 Å². The normalized spacial score (nSPS) is 14.8. The van der Waals surface area contributed by atoms with E-state index in [0.717, 1.165) is 33.3 Å². The van der Waals surface area contributed by atoms with Crippen molar-refractivity contribution >= 4 is 46.0 Å². The number of fused-ring (bicyclic) bond motifs is 1. The van der Waals surface area contributed by atoms with Crippen molar-refractivity contribution in [1.29, 1.82) is 0 Å². The van der Waals surface area contributed by atoms with Gasteiger partial charge in [-0.3, -0.25) is 14.2 Å². The number of nitrogens with zero attached hydrogens (tertiary/aromatic N) is 3. The summed E-state index contributed by atoms with van der Waals surface area (Å²) < 4.78 is 26.5. The molecule has 3 aromatic carbocycles. The highest BCUT2D eigenvalue weighted by Crippen LogP contribution is 2.42. The van der Waals surface area contributed by atoms with Crippen LogP contribution >= 0.6 is 11.3 Å². The molecule has 7 rings (SSSR count). The Morgan fingerprint density at radius 2 is 1.59 bits per heavy atom. The molecule has 3 aromatic heterocycles. The van der Waals surface area contributed by atoms with Crippen molar-refractivity contribution < 1.29 is 28.2 Å². The molecule has 1 N–H and O–H groups in total. The number of carbonyl (C=O) groups is 1. The number of Topliss-reactive ketones (excluding diaryl/α,β-unsaturated/α-hetero) is 1. The van der Waals surface area contributed by atoms with Gasteiger partial charge in [-0.15, -0.1) is 11.3 Å². The second kappa shape index (κ2) is 16.7. The summed E-state index contributed by atoms with van der Waals surface area (Å²) in [5.74, 6) is 0.833. The van der Waals surface area contributed by atoms with E-state index in [1.807, 2.05) is 106 Å². The van der Waals surface area contributed by atoms with Gasteiger partial charge in [0.15, 0.2) is 5.78 Å². The number of oxazole rings is 1. The summed E-state index contributed by atoms with van der Waals surface area (Å²) in [5.41, 5.74) is -1.54. The summed E-state index contributed by atoms with van der Waals surface area (Å²) in [6, 6.07) is 26.5. The largest absolute Gasteiger partial charge is 0.496 e. The van der Waals surface area contributed by atoms with Gasteiger partial charge in [0.1, 0.15) is 28.5 Å². The van der Waals surface area contributed by atoms with Crippen LogP contribution in [0.5, 0.6) is 5.75 Å². The number of hydrogen-bond acceptors (Lipinski definition) is 10. The van der Waals surface area contributed by atoms with Crippen molar-refractivity contribution in [2.75, 3.05) is 26.9 Å². The fourth-order valence-corrected chi connectivity index (χ4v) is 13.1. The highest BCUT2D eigenvalue weighted by molar-refractivity contribution is 7.22. The lowest BCUT2D eigenvalue weighted by Crippen LogP contribution is -2.66. The van der Waals surface area contributed by atoms with Gasteiger partial charge in [-0.1, -0.05) is 92.7 Å². The Labute approximate surface area is 343 Å². The molecule has 11 nitrogen and oxygen atoms in total. The van der Waals surface area contributed by atoms with Crippen molar-refractivity contribution in [3.63, 3.8) is 0 Å². The molecular weight excluding hydrogens is 771 g/mol. The molecule has 1 fully saturated rings. The minimum absolute atomic E-state index is 0.0224. The zero-order chi connectivity index (χ0) is 41.2. The highest BCUT2D eigenvalue weighted by Gasteiger charge is 2.52. The highest BCUT2D eigenvalue weighted by atomic mass is 32.1. The average molecular weight is 822 g/mol. The van der Waals surface area contributed by atoms with E-state index in [4.69, 9.17) is 18.6 Å². The van der Waals surface area contributed by atoms with Crippen LogP contribution in [0.25, 0.3) is 21.0 Å². The topological polar surface area (TPSA) is 135 Å². The molecule has 1 atom stereocenters. The zero-order valence-electron chi connectivity index (χ0n) is 33.9. The van der Waals surface area contributed by atoms with Gasteiger partial charge in [0.2, 0.25) is 5.89 Å². The SMILES string of the molecule is COc1ccccc1[C@H](Cn1c(=O)n(C(C)(C)C(=O)CC(C)(C)[Si](O)(c2ccccc2)c2ccccc2)c(=O)c2c(C)c(-c3ncco3)sc21)OCC1CCOCC1. The molecule has 4 heterocycles. The van der Waals surface area contributed by atoms with Crippen LogP contribution in [0.1, 0.15) is 64.2 Å². The number of aryl methyl sites for hydroxylation is 1. The van der Waals surface area contributed by atoms with Crippen molar-refractivity contribution in [1.82, 2.24) is 14.1 Å². The Balaban J connectivity index is 1.37. The summed E-state index contributed by atoms with van der Waals surface area (Å²) in [5, 5.41) is 0.837. The van der Waals surface area contributed by atoms with E-state index >= 15 is 4.79 Å². The standard InChI is InChI=1S/C45H51N3O8SSi/c1-30-38-41(50)48(45(4,5)37(49)27-44(2,3)58(52,32-15-9-7-10-16-32)33-17-11-8-12-18-33)43(51)47(42(38)57-39(30)40-46-23-26-55-40)28-36(34-19-13-14-20-35(34)53-6)56-29-31-21-24-54-25-22-31/h7-20,23,26,31,36,52H,21-22,24-25,27-29H2,1-6H3/t36-/m0/s1. The van der Waals surface area contributed by atoms with Crippen LogP contribution in [0.3, 0.4) is 0 Å². The molecule has 13 heteroatoms. The lowest BCUT2D eigenvalue weighted by Gasteiger charge is -2.42. The predicted molar refractivity (Wildman–Crippen MR) is 229 cm³/mol. The van der Waals surface area contributed by atoms with E-state index < -0.39 is 36.2 Å². The van der Waals surface area contributed by atoms with Gasteiger partial charge < -0.3 is 23.4 Å². The van der Waals surface area contributed by atoms with Gasteiger partial charge in [-0.05, 0) is 66.6 Å². The van der Waals surface area contributed by atoms with E-state index in [9.17, 15) is 14.4 Å². The van der Waals surface area contributed by atoms with Crippen LogP contribution < -0.4 is 26.4 Å². The summed E-state index contributed by atoms with van der Waals surface area (Å²) in [7, 11) is -2.03. The van der Waals surface area contributed by atoms with Gasteiger partial charge >= 0.3 is 5.69 Å². The number of rotatable bonds is 15. The van der Waals surface area contributed by atoms with Crippen molar-refractivity contribution in [3.8, 4) is 16.5 Å². The van der Waals surface area contributed by atoms with Gasteiger partial charge in [-0.25, -0.2) is 14.3 Å². The quantitative estimate of drug-likeness (QED) is 0.114. The first-order chi connectivity index (χ1) is 27.8. The molecule has 304 valence electrons. The summed E-state index contributed by atoms with van der Waals surface area (Å²) >= 11 is 1.24. The lowest BCUT2D eigenvalue weighted by atomic mass is 9.91. The maximum atomic E-state index is 15.2. The molecule has 0 spiro atoms.